The van der Waals surface area contributed by atoms with Crippen molar-refractivity contribution in [1.29, 1.82) is 0 Å². The minimum absolute atomic E-state index is 0.159. The Morgan fingerprint density at radius 3 is 2.86 bits per heavy atom. The predicted molar refractivity (Wildman–Crippen MR) is 79.9 cm³/mol. The summed E-state index contributed by atoms with van der Waals surface area (Å²) in [4.78, 5) is 0. The number of phenols is 2. The highest BCUT2D eigenvalue weighted by molar-refractivity contribution is 5.83. The summed E-state index contributed by atoms with van der Waals surface area (Å²) in [6.45, 7) is 0.915. The van der Waals surface area contributed by atoms with E-state index >= 15 is 0 Å². The molecule has 0 spiro atoms. The molecule has 2 aliphatic rings. The smallest absolute Gasteiger partial charge is 0.165 e. The summed E-state index contributed by atoms with van der Waals surface area (Å²) in [6.07, 6.45) is 1.74. The van der Waals surface area contributed by atoms with E-state index in [4.69, 9.17) is 4.74 Å². The Labute approximate surface area is 123 Å². The highest BCUT2D eigenvalue weighted by Crippen LogP contribution is 2.49. The quantitative estimate of drug-likeness (QED) is 0.752. The second kappa shape index (κ2) is 4.40. The van der Waals surface area contributed by atoms with Crippen LogP contribution >= 0.6 is 0 Å². The molecule has 2 aromatic carbocycles. The Bertz CT molecular complexity index is 739. The molecule has 0 bridgehead atoms. The fourth-order valence-corrected chi connectivity index (χ4v) is 3.65. The van der Waals surface area contributed by atoms with E-state index in [1.165, 1.54) is 11.1 Å². The lowest BCUT2D eigenvalue weighted by Gasteiger charge is -2.34. The van der Waals surface area contributed by atoms with E-state index in [2.05, 4.69) is 5.32 Å². The van der Waals surface area contributed by atoms with Crippen LogP contribution in [0.1, 0.15) is 22.7 Å². The third kappa shape index (κ3) is 1.72. The lowest BCUT2D eigenvalue weighted by Crippen LogP contribution is -2.33. The Morgan fingerprint density at radius 1 is 1.19 bits per heavy atom. The van der Waals surface area contributed by atoms with Crippen LogP contribution in [0, 0.1) is 0 Å². The average Bonchev–Trinajstić information content (AvgIpc) is 2.47. The van der Waals surface area contributed by atoms with Gasteiger partial charge in [0.15, 0.2) is 11.5 Å². The normalized spacial score (nSPS) is 18.8. The van der Waals surface area contributed by atoms with Gasteiger partial charge in [0.1, 0.15) is 5.75 Å². The van der Waals surface area contributed by atoms with Crippen LogP contribution in [0.4, 0.5) is 0 Å². The van der Waals surface area contributed by atoms with Gasteiger partial charge in [-0.3, -0.25) is 0 Å². The van der Waals surface area contributed by atoms with Crippen LogP contribution in [0.5, 0.6) is 17.2 Å². The number of ether oxygens (including phenoxy) is 1. The van der Waals surface area contributed by atoms with Gasteiger partial charge in [-0.15, -0.1) is 0 Å². The van der Waals surface area contributed by atoms with Crippen molar-refractivity contribution in [2.45, 2.75) is 18.9 Å². The SMILES string of the molecule is COc1ccc2c(c1O)-c1cc(O)cc3c1[C@H](C2)NCC3. The molecule has 0 saturated heterocycles. The maximum absolute atomic E-state index is 10.5. The highest BCUT2D eigenvalue weighted by atomic mass is 16.5. The molecule has 21 heavy (non-hydrogen) atoms. The fraction of sp³-hybridized carbons (Fsp3) is 0.294. The van der Waals surface area contributed by atoms with E-state index in [-0.39, 0.29) is 17.5 Å². The number of fused-ring (bicyclic) bond motifs is 2. The van der Waals surface area contributed by atoms with E-state index in [0.29, 0.717) is 5.75 Å². The largest absolute Gasteiger partial charge is 0.508 e. The number of benzene rings is 2. The maximum Gasteiger partial charge on any atom is 0.165 e. The molecule has 0 saturated carbocycles. The second-order valence-electron chi connectivity index (χ2n) is 5.68. The van der Waals surface area contributed by atoms with Crippen LogP contribution in [0.15, 0.2) is 24.3 Å². The molecule has 108 valence electrons. The van der Waals surface area contributed by atoms with Gasteiger partial charge in [0.25, 0.3) is 0 Å². The number of rotatable bonds is 1. The Hall–Kier alpha value is -2.20. The van der Waals surface area contributed by atoms with Gasteiger partial charge in [-0.1, -0.05) is 6.07 Å². The molecule has 1 atom stereocenters. The van der Waals surface area contributed by atoms with Crippen molar-refractivity contribution in [1.82, 2.24) is 5.32 Å². The van der Waals surface area contributed by atoms with Gasteiger partial charge in [0.2, 0.25) is 0 Å². The zero-order chi connectivity index (χ0) is 14.6. The summed E-state index contributed by atoms with van der Waals surface area (Å²) in [6, 6.07) is 7.64. The first-order valence-corrected chi connectivity index (χ1v) is 7.17. The van der Waals surface area contributed by atoms with Crippen LogP contribution in [0.25, 0.3) is 11.1 Å². The molecule has 3 N–H and O–H groups in total. The molecule has 1 aliphatic carbocycles. The summed E-state index contributed by atoms with van der Waals surface area (Å²) in [5.74, 6) is 0.874. The van der Waals surface area contributed by atoms with Gasteiger partial charge in [-0.05, 0) is 59.8 Å². The second-order valence-corrected chi connectivity index (χ2v) is 5.68. The molecule has 2 aromatic rings. The molecule has 0 amide bonds. The minimum Gasteiger partial charge on any atom is -0.508 e. The first kappa shape index (κ1) is 12.5. The lowest BCUT2D eigenvalue weighted by atomic mass is 9.77. The van der Waals surface area contributed by atoms with Gasteiger partial charge < -0.3 is 20.3 Å². The van der Waals surface area contributed by atoms with Crippen molar-refractivity contribution in [2.75, 3.05) is 13.7 Å². The van der Waals surface area contributed by atoms with Gasteiger partial charge in [-0.2, -0.15) is 0 Å². The molecule has 0 radical (unpaired) electrons. The van der Waals surface area contributed by atoms with Crippen molar-refractivity contribution in [3.05, 3.63) is 41.0 Å². The van der Waals surface area contributed by atoms with E-state index in [1.54, 1.807) is 19.2 Å². The summed E-state index contributed by atoms with van der Waals surface area (Å²) >= 11 is 0. The third-order valence-corrected chi connectivity index (χ3v) is 4.52. The number of hydrogen-bond acceptors (Lipinski definition) is 4. The number of aromatic hydroxyl groups is 2. The van der Waals surface area contributed by atoms with Crippen molar-refractivity contribution in [3.8, 4) is 28.4 Å². The topological polar surface area (TPSA) is 61.7 Å². The Morgan fingerprint density at radius 2 is 2.05 bits per heavy atom. The first-order chi connectivity index (χ1) is 10.2. The molecule has 0 fully saturated rings. The molecular formula is C17H17NO3. The fourth-order valence-electron chi connectivity index (χ4n) is 3.65. The van der Waals surface area contributed by atoms with E-state index in [0.717, 1.165) is 36.1 Å². The van der Waals surface area contributed by atoms with Gasteiger partial charge in [0.05, 0.1) is 7.11 Å². The molecule has 4 heteroatoms. The highest BCUT2D eigenvalue weighted by Gasteiger charge is 2.32. The van der Waals surface area contributed by atoms with Gasteiger partial charge >= 0.3 is 0 Å². The zero-order valence-corrected chi connectivity index (χ0v) is 11.8. The summed E-state index contributed by atoms with van der Waals surface area (Å²) in [7, 11) is 1.55. The van der Waals surface area contributed by atoms with Crippen molar-refractivity contribution in [2.24, 2.45) is 0 Å². The van der Waals surface area contributed by atoms with E-state index in [1.807, 2.05) is 12.1 Å². The van der Waals surface area contributed by atoms with Crippen LogP contribution in [0.3, 0.4) is 0 Å². The summed E-state index contributed by atoms with van der Waals surface area (Å²) in [5.41, 5.74) is 5.16. The first-order valence-electron chi connectivity index (χ1n) is 7.17. The average molecular weight is 283 g/mol. The molecule has 4 nitrogen and oxygen atoms in total. The van der Waals surface area contributed by atoms with Crippen LogP contribution in [-0.4, -0.2) is 23.9 Å². The molecule has 4 rings (SSSR count). The van der Waals surface area contributed by atoms with Crippen molar-refractivity contribution in [3.63, 3.8) is 0 Å². The monoisotopic (exact) mass is 283 g/mol. The van der Waals surface area contributed by atoms with Crippen LogP contribution in [-0.2, 0) is 12.8 Å². The molecule has 0 aromatic heterocycles. The zero-order valence-electron chi connectivity index (χ0n) is 11.8. The Balaban J connectivity index is 2.05. The number of phenolic OH excluding ortho intramolecular Hbond substituents is 2. The third-order valence-electron chi connectivity index (χ3n) is 4.52. The van der Waals surface area contributed by atoms with Crippen LogP contribution < -0.4 is 10.1 Å². The number of hydrogen-bond donors (Lipinski definition) is 3. The Kier molecular flexibility index (Phi) is 2.62. The maximum atomic E-state index is 10.5. The van der Waals surface area contributed by atoms with Gasteiger partial charge in [0, 0.05) is 11.6 Å². The molecule has 0 unspecified atom stereocenters. The summed E-state index contributed by atoms with van der Waals surface area (Å²) < 4.78 is 5.23. The van der Waals surface area contributed by atoms with Gasteiger partial charge in [-0.25, -0.2) is 0 Å². The van der Waals surface area contributed by atoms with Crippen molar-refractivity contribution < 1.29 is 14.9 Å². The van der Waals surface area contributed by atoms with E-state index in [9.17, 15) is 10.2 Å². The minimum atomic E-state index is 0.159. The lowest BCUT2D eigenvalue weighted by molar-refractivity contribution is 0.373. The van der Waals surface area contributed by atoms with Crippen LogP contribution in [0.2, 0.25) is 0 Å². The summed E-state index contributed by atoms with van der Waals surface area (Å²) in [5, 5.41) is 24.1. The predicted octanol–water partition coefficient (Wildman–Crippen LogP) is 2.52. The molecule has 1 aliphatic heterocycles. The molecular weight excluding hydrogens is 266 g/mol. The standard InChI is InChI=1S/C17H17NO3/c1-21-14-3-2-9-7-13-15-10(4-5-18-13)6-11(19)8-12(15)16(9)17(14)20/h2-3,6,8,13,18-20H,4-5,7H2,1H3/t13-/m0/s1. The number of methoxy groups -OCH3 is 1. The molecule has 1 heterocycles. The number of nitrogens with one attached hydrogen (secondary N) is 1. The van der Waals surface area contributed by atoms with E-state index < -0.39 is 0 Å². The van der Waals surface area contributed by atoms with Crippen molar-refractivity contribution >= 4 is 0 Å².